The van der Waals surface area contributed by atoms with Gasteiger partial charge in [-0.15, -0.1) is 0 Å². The Hall–Kier alpha value is -1.70. The number of alkyl halides is 2. The van der Waals surface area contributed by atoms with Gasteiger partial charge in [-0.1, -0.05) is 0 Å². The highest BCUT2D eigenvalue weighted by Crippen LogP contribution is 2.25. The highest BCUT2D eigenvalue weighted by Gasteiger charge is 2.16. The lowest BCUT2D eigenvalue weighted by Gasteiger charge is -2.09. The molecule has 14 heavy (non-hydrogen) atoms. The Labute approximate surface area is 80.2 Å². The summed E-state index contributed by atoms with van der Waals surface area (Å²) in [5, 5.41) is 8.48. The van der Waals surface area contributed by atoms with Crippen LogP contribution in [0, 0.1) is 18.3 Å². The van der Waals surface area contributed by atoms with Crippen LogP contribution >= 0.6 is 0 Å². The van der Waals surface area contributed by atoms with Crippen molar-refractivity contribution >= 4 is 5.69 Å². The Kier molecular flexibility index (Phi) is 2.97. The summed E-state index contributed by atoms with van der Waals surface area (Å²) in [6, 6.07) is 1.88. The smallest absolute Gasteiger partial charge is 0.280 e. The molecule has 2 N–H and O–H groups in total. The zero-order valence-electron chi connectivity index (χ0n) is 7.59. The van der Waals surface area contributed by atoms with Crippen LogP contribution in [0.3, 0.4) is 0 Å². The first-order valence-corrected chi connectivity index (χ1v) is 3.96. The molecular formula is C9H9F2N3. The van der Waals surface area contributed by atoms with Crippen LogP contribution in [0.15, 0.2) is 6.20 Å². The number of pyridine rings is 1. The van der Waals surface area contributed by atoms with Gasteiger partial charge in [-0.05, 0) is 18.1 Å². The molecule has 0 bridgehead atoms. The monoisotopic (exact) mass is 197 g/mol. The highest BCUT2D eigenvalue weighted by atomic mass is 19.3. The number of hydrogen-bond donors (Lipinski definition) is 1. The van der Waals surface area contributed by atoms with Crippen molar-refractivity contribution in [3.8, 4) is 6.07 Å². The second kappa shape index (κ2) is 4.01. The summed E-state index contributed by atoms with van der Waals surface area (Å²) in [5.74, 6) is 0. The van der Waals surface area contributed by atoms with Gasteiger partial charge in [0, 0.05) is 0 Å². The van der Waals surface area contributed by atoms with Gasteiger partial charge in [-0.25, -0.2) is 8.78 Å². The van der Waals surface area contributed by atoms with Crippen molar-refractivity contribution in [2.75, 3.05) is 5.73 Å². The Morgan fingerprint density at radius 3 is 2.79 bits per heavy atom. The van der Waals surface area contributed by atoms with E-state index in [2.05, 4.69) is 4.98 Å². The molecule has 0 saturated heterocycles. The lowest BCUT2D eigenvalue weighted by molar-refractivity contribution is 0.145. The number of halogens is 2. The van der Waals surface area contributed by atoms with Crippen LogP contribution in [-0.2, 0) is 6.42 Å². The maximum absolute atomic E-state index is 12.4. The van der Waals surface area contributed by atoms with Crippen LogP contribution in [0.1, 0.15) is 23.2 Å². The summed E-state index contributed by atoms with van der Waals surface area (Å²) >= 11 is 0. The van der Waals surface area contributed by atoms with Crippen LogP contribution in [0.2, 0.25) is 0 Å². The van der Waals surface area contributed by atoms with Gasteiger partial charge in [-0.3, -0.25) is 4.98 Å². The van der Waals surface area contributed by atoms with Gasteiger partial charge in [-0.2, -0.15) is 5.26 Å². The van der Waals surface area contributed by atoms with E-state index >= 15 is 0 Å². The maximum Gasteiger partial charge on any atom is 0.280 e. The maximum atomic E-state index is 12.4. The van der Waals surface area contributed by atoms with E-state index in [0.29, 0.717) is 11.1 Å². The molecule has 1 aromatic rings. The van der Waals surface area contributed by atoms with Crippen molar-refractivity contribution in [1.82, 2.24) is 4.98 Å². The lowest BCUT2D eigenvalue weighted by atomic mass is 10.0. The van der Waals surface area contributed by atoms with E-state index in [1.807, 2.05) is 6.07 Å². The van der Waals surface area contributed by atoms with E-state index in [4.69, 9.17) is 11.0 Å². The zero-order valence-corrected chi connectivity index (χ0v) is 7.59. The van der Waals surface area contributed by atoms with Crippen LogP contribution in [0.5, 0.6) is 0 Å². The number of rotatable bonds is 2. The van der Waals surface area contributed by atoms with Gasteiger partial charge in [0.1, 0.15) is 5.69 Å². The first-order chi connectivity index (χ1) is 6.57. The van der Waals surface area contributed by atoms with E-state index in [0.717, 1.165) is 0 Å². The number of nitrogens with zero attached hydrogens (tertiary/aromatic N) is 2. The van der Waals surface area contributed by atoms with E-state index < -0.39 is 6.43 Å². The number of nitrogens with two attached hydrogens (primary N) is 1. The topological polar surface area (TPSA) is 62.7 Å². The van der Waals surface area contributed by atoms with Crippen LogP contribution in [0.4, 0.5) is 14.5 Å². The predicted octanol–water partition coefficient (Wildman–Crippen LogP) is 1.98. The molecule has 1 rings (SSSR count). The molecule has 0 fully saturated rings. The van der Waals surface area contributed by atoms with Gasteiger partial charge in [0.25, 0.3) is 6.43 Å². The molecule has 74 valence electrons. The molecule has 0 radical (unpaired) electrons. The third-order valence-corrected chi connectivity index (χ3v) is 1.99. The fourth-order valence-electron chi connectivity index (χ4n) is 1.22. The summed E-state index contributed by atoms with van der Waals surface area (Å²) in [5.41, 5.74) is 6.25. The predicted molar refractivity (Wildman–Crippen MR) is 47.7 cm³/mol. The normalized spacial score (nSPS) is 10.2. The molecule has 0 spiro atoms. The van der Waals surface area contributed by atoms with Crippen LogP contribution in [0.25, 0.3) is 0 Å². The van der Waals surface area contributed by atoms with E-state index in [1.54, 1.807) is 0 Å². The molecular weight excluding hydrogens is 188 g/mol. The van der Waals surface area contributed by atoms with Gasteiger partial charge >= 0.3 is 0 Å². The Bertz CT molecular complexity index is 382. The summed E-state index contributed by atoms with van der Waals surface area (Å²) in [6.07, 6.45) is -1.44. The van der Waals surface area contributed by atoms with Gasteiger partial charge in [0.2, 0.25) is 0 Å². The fourth-order valence-corrected chi connectivity index (χ4v) is 1.22. The minimum Gasteiger partial charge on any atom is -0.397 e. The van der Waals surface area contributed by atoms with Crippen molar-refractivity contribution in [3.63, 3.8) is 0 Å². The quantitative estimate of drug-likeness (QED) is 0.788. The summed E-state index contributed by atoms with van der Waals surface area (Å²) in [6.45, 7) is 1.50. The number of nitrogen functional groups attached to an aromatic ring is 1. The minimum atomic E-state index is -2.63. The van der Waals surface area contributed by atoms with Crippen molar-refractivity contribution in [2.24, 2.45) is 0 Å². The number of hydrogen-bond acceptors (Lipinski definition) is 3. The largest absolute Gasteiger partial charge is 0.397 e. The van der Waals surface area contributed by atoms with Gasteiger partial charge in [0.05, 0.1) is 24.4 Å². The molecule has 1 aromatic heterocycles. The third kappa shape index (κ3) is 1.79. The molecule has 0 aliphatic heterocycles. The van der Waals surface area contributed by atoms with E-state index in [-0.39, 0.29) is 17.8 Å². The first-order valence-electron chi connectivity index (χ1n) is 3.96. The van der Waals surface area contributed by atoms with Crippen molar-refractivity contribution < 1.29 is 8.78 Å². The molecule has 0 aliphatic carbocycles. The first kappa shape index (κ1) is 10.4. The van der Waals surface area contributed by atoms with Crippen LogP contribution in [-0.4, -0.2) is 4.98 Å². The van der Waals surface area contributed by atoms with Crippen molar-refractivity contribution in [3.05, 3.63) is 23.0 Å². The minimum absolute atomic E-state index is 0.0277. The Balaban J connectivity index is 3.27. The summed E-state index contributed by atoms with van der Waals surface area (Å²) < 4.78 is 24.8. The molecule has 0 aromatic carbocycles. The SMILES string of the molecule is Cc1c(C(F)F)ncc(N)c1CC#N. The fraction of sp³-hybridized carbons (Fsp3) is 0.333. The molecule has 1 heterocycles. The Morgan fingerprint density at radius 2 is 2.29 bits per heavy atom. The summed E-state index contributed by atoms with van der Waals surface area (Å²) in [4.78, 5) is 3.54. The summed E-state index contributed by atoms with van der Waals surface area (Å²) in [7, 11) is 0. The zero-order chi connectivity index (χ0) is 10.7. The highest BCUT2D eigenvalue weighted by molar-refractivity contribution is 5.51. The number of aromatic nitrogens is 1. The average Bonchev–Trinajstić information content (AvgIpc) is 2.11. The second-order valence-corrected chi connectivity index (χ2v) is 2.84. The molecule has 0 atom stereocenters. The average molecular weight is 197 g/mol. The second-order valence-electron chi connectivity index (χ2n) is 2.84. The Morgan fingerprint density at radius 1 is 1.64 bits per heavy atom. The third-order valence-electron chi connectivity index (χ3n) is 1.99. The van der Waals surface area contributed by atoms with E-state index in [1.165, 1.54) is 13.1 Å². The van der Waals surface area contributed by atoms with Crippen molar-refractivity contribution in [2.45, 2.75) is 19.8 Å². The van der Waals surface area contributed by atoms with Gasteiger partial charge in [0.15, 0.2) is 0 Å². The van der Waals surface area contributed by atoms with E-state index in [9.17, 15) is 8.78 Å². The molecule has 5 heteroatoms. The molecule has 0 aliphatic rings. The number of anilines is 1. The number of nitriles is 1. The lowest BCUT2D eigenvalue weighted by Crippen LogP contribution is -2.03. The molecule has 0 saturated carbocycles. The molecule has 3 nitrogen and oxygen atoms in total. The van der Waals surface area contributed by atoms with Crippen molar-refractivity contribution in [1.29, 1.82) is 5.26 Å². The molecule has 0 unspecified atom stereocenters. The van der Waals surface area contributed by atoms with Crippen LogP contribution < -0.4 is 5.73 Å². The standard InChI is InChI=1S/C9H9F2N3/c1-5-6(2-3-12)7(13)4-14-8(5)9(10)11/h4,9H,2,13H2,1H3. The van der Waals surface area contributed by atoms with Gasteiger partial charge < -0.3 is 5.73 Å². The molecule has 0 amide bonds.